The number of nitrogens with one attached hydrogen (secondary N) is 1. The zero-order valence-electron chi connectivity index (χ0n) is 11.3. The Morgan fingerprint density at radius 1 is 1.40 bits per heavy atom. The lowest BCUT2D eigenvalue weighted by molar-refractivity contribution is -0.136. The first-order chi connectivity index (χ1) is 9.63. The van der Waals surface area contributed by atoms with Gasteiger partial charge < -0.3 is 15.2 Å². The van der Waals surface area contributed by atoms with Crippen molar-refractivity contribution in [3.05, 3.63) is 29.8 Å². The second-order valence-electron chi connectivity index (χ2n) is 5.09. The summed E-state index contributed by atoms with van der Waals surface area (Å²) in [7, 11) is 0. The van der Waals surface area contributed by atoms with E-state index in [1.807, 2.05) is 0 Å². The van der Waals surface area contributed by atoms with Crippen molar-refractivity contribution in [2.75, 3.05) is 18.5 Å². The monoisotopic (exact) mass is 277 g/mol. The summed E-state index contributed by atoms with van der Waals surface area (Å²) in [5, 5.41) is 11.6. The number of anilines is 1. The molecule has 5 heteroatoms. The number of carbonyl (C=O) groups is 2. The van der Waals surface area contributed by atoms with Crippen molar-refractivity contribution in [2.24, 2.45) is 5.92 Å². The molecule has 0 spiro atoms. The maximum atomic E-state index is 11.8. The lowest BCUT2D eigenvalue weighted by Gasteiger charge is -2.09. The molecule has 1 atom stereocenters. The van der Waals surface area contributed by atoms with Gasteiger partial charge in [-0.05, 0) is 36.5 Å². The van der Waals surface area contributed by atoms with Gasteiger partial charge in [0.2, 0.25) is 5.91 Å². The molecule has 0 aromatic heterocycles. The third-order valence-electron chi connectivity index (χ3n) is 3.37. The third-order valence-corrected chi connectivity index (χ3v) is 3.37. The molecule has 20 heavy (non-hydrogen) atoms. The Balaban J connectivity index is 1.82. The lowest BCUT2D eigenvalue weighted by atomic mass is 10.0. The predicted molar refractivity (Wildman–Crippen MR) is 74.6 cm³/mol. The molecule has 0 bridgehead atoms. The minimum absolute atomic E-state index is 0.0376. The zero-order chi connectivity index (χ0) is 14.4. The average molecular weight is 277 g/mol. The van der Waals surface area contributed by atoms with Gasteiger partial charge in [-0.25, -0.2) is 0 Å². The molecule has 0 radical (unpaired) electrons. The van der Waals surface area contributed by atoms with Crippen LogP contribution in [-0.4, -0.2) is 30.2 Å². The molecule has 2 N–H and O–H groups in total. The molecule has 2 rings (SSSR count). The Hall–Kier alpha value is -1.88. The molecule has 1 aromatic rings. The molecular formula is C15H19NO4. The van der Waals surface area contributed by atoms with E-state index >= 15 is 0 Å². The minimum Gasteiger partial charge on any atom is -0.481 e. The van der Waals surface area contributed by atoms with Crippen LogP contribution < -0.4 is 5.32 Å². The summed E-state index contributed by atoms with van der Waals surface area (Å²) in [5.74, 6) is -0.432. The minimum atomic E-state index is -0.880. The number of rotatable bonds is 6. The number of carboxylic acids is 1. The molecule has 1 aliphatic rings. The van der Waals surface area contributed by atoms with Crippen LogP contribution in [-0.2, 0) is 20.7 Å². The van der Waals surface area contributed by atoms with Crippen LogP contribution in [0.15, 0.2) is 24.3 Å². The van der Waals surface area contributed by atoms with Crippen molar-refractivity contribution >= 4 is 17.6 Å². The van der Waals surface area contributed by atoms with Crippen LogP contribution in [0.1, 0.15) is 24.8 Å². The van der Waals surface area contributed by atoms with E-state index in [2.05, 4.69) is 5.32 Å². The highest BCUT2D eigenvalue weighted by Gasteiger charge is 2.16. The summed E-state index contributed by atoms with van der Waals surface area (Å²) in [6, 6.07) is 6.95. The molecule has 1 unspecified atom stereocenters. The molecule has 1 saturated heterocycles. The number of hydrogen-bond acceptors (Lipinski definition) is 3. The third kappa shape index (κ3) is 4.66. The summed E-state index contributed by atoms with van der Waals surface area (Å²) in [5.41, 5.74) is 1.33. The Labute approximate surface area is 117 Å². The number of aliphatic carboxylic acids is 1. The number of ether oxygens (including phenoxy) is 1. The van der Waals surface area contributed by atoms with Crippen LogP contribution in [0.5, 0.6) is 0 Å². The van der Waals surface area contributed by atoms with Gasteiger partial charge in [0.1, 0.15) is 0 Å². The molecule has 1 amide bonds. The Bertz CT molecular complexity index is 481. The van der Waals surface area contributed by atoms with Gasteiger partial charge >= 0.3 is 5.97 Å². The molecule has 0 saturated carbocycles. The first kappa shape index (κ1) is 14.5. The van der Waals surface area contributed by atoms with Crippen LogP contribution in [0.4, 0.5) is 5.69 Å². The van der Waals surface area contributed by atoms with E-state index in [4.69, 9.17) is 9.84 Å². The Kier molecular flexibility index (Phi) is 5.12. The summed E-state index contributed by atoms with van der Waals surface area (Å²) in [6.07, 6.45) is 2.29. The van der Waals surface area contributed by atoms with E-state index in [1.54, 1.807) is 24.3 Å². The molecule has 1 aliphatic heterocycles. The summed E-state index contributed by atoms with van der Waals surface area (Å²) in [6.45, 7) is 1.55. The number of hydrogen-bond donors (Lipinski definition) is 2. The highest BCUT2D eigenvalue weighted by molar-refractivity contribution is 5.90. The van der Waals surface area contributed by atoms with E-state index in [9.17, 15) is 9.59 Å². The number of carbonyl (C=O) groups excluding carboxylic acids is 1. The second kappa shape index (κ2) is 7.05. The van der Waals surface area contributed by atoms with Gasteiger partial charge in [-0.3, -0.25) is 9.59 Å². The van der Waals surface area contributed by atoms with Crippen molar-refractivity contribution in [3.63, 3.8) is 0 Å². The van der Waals surface area contributed by atoms with Crippen molar-refractivity contribution in [2.45, 2.75) is 25.7 Å². The normalized spacial score (nSPS) is 17.9. The van der Waals surface area contributed by atoms with E-state index in [-0.39, 0.29) is 12.3 Å². The van der Waals surface area contributed by atoms with Crippen LogP contribution in [0, 0.1) is 5.92 Å². The maximum Gasteiger partial charge on any atom is 0.307 e. The SMILES string of the molecule is O=C(O)Cc1cccc(NC(=O)CCC2CCOC2)c1. The number of carboxylic acid groups (broad SMARTS) is 1. The van der Waals surface area contributed by atoms with Crippen molar-refractivity contribution < 1.29 is 19.4 Å². The van der Waals surface area contributed by atoms with Crippen LogP contribution >= 0.6 is 0 Å². The molecular weight excluding hydrogens is 258 g/mol. The van der Waals surface area contributed by atoms with Gasteiger partial charge in [-0.2, -0.15) is 0 Å². The Morgan fingerprint density at radius 2 is 2.25 bits per heavy atom. The van der Waals surface area contributed by atoms with Gasteiger partial charge in [0.05, 0.1) is 6.42 Å². The van der Waals surface area contributed by atoms with Crippen LogP contribution in [0.2, 0.25) is 0 Å². The standard InChI is InChI=1S/C15H19NO4/c17-14(5-4-11-6-7-20-10-11)16-13-3-1-2-12(8-13)9-15(18)19/h1-3,8,11H,4-7,9-10H2,(H,16,17)(H,18,19). The lowest BCUT2D eigenvalue weighted by Crippen LogP contribution is -2.13. The molecule has 1 fully saturated rings. The summed E-state index contributed by atoms with van der Waals surface area (Å²) in [4.78, 5) is 22.5. The molecule has 1 heterocycles. The Morgan fingerprint density at radius 3 is 2.95 bits per heavy atom. The van der Waals surface area contributed by atoms with E-state index < -0.39 is 5.97 Å². The predicted octanol–water partition coefficient (Wildman–Crippen LogP) is 2.07. The van der Waals surface area contributed by atoms with Crippen LogP contribution in [0.25, 0.3) is 0 Å². The summed E-state index contributed by atoms with van der Waals surface area (Å²) < 4.78 is 5.27. The van der Waals surface area contributed by atoms with Crippen molar-refractivity contribution in [3.8, 4) is 0 Å². The molecule has 5 nitrogen and oxygen atoms in total. The van der Waals surface area contributed by atoms with E-state index in [1.165, 1.54) is 0 Å². The fourth-order valence-electron chi connectivity index (χ4n) is 2.30. The van der Waals surface area contributed by atoms with Gasteiger partial charge in [-0.1, -0.05) is 12.1 Å². The number of benzene rings is 1. The first-order valence-corrected chi connectivity index (χ1v) is 6.82. The smallest absolute Gasteiger partial charge is 0.307 e. The van der Waals surface area contributed by atoms with E-state index in [0.717, 1.165) is 26.1 Å². The van der Waals surface area contributed by atoms with Crippen molar-refractivity contribution in [1.82, 2.24) is 0 Å². The maximum absolute atomic E-state index is 11.8. The molecule has 0 aliphatic carbocycles. The fraction of sp³-hybridized carbons (Fsp3) is 0.467. The molecule has 108 valence electrons. The second-order valence-corrected chi connectivity index (χ2v) is 5.09. The average Bonchev–Trinajstić information content (AvgIpc) is 2.89. The fourth-order valence-corrected chi connectivity index (χ4v) is 2.30. The first-order valence-electron chi connectivity index (χ1n) is 6.82. The quantitative estimate of drug-likeness (QED) is 0.834. The topological polar surface area (TPSA) is 75.6 Å². The molecule has 1 aromatic carbocycles. The van der Waals surface area contributed by atoms with Gasteiger partial charge in [0.25, 0.3) is 0 Å². The largest absolute Gasteiger partial charge is 0.481 e. The zero-order valence-corrected chi connectivity index (χ0v) is 11.3. The van der Waals surface area contributed by atoms with Gasteiger partial charge in [0.15, 0.2) is 0 Å². The highest BCUT2D eigenvalue weighted by atomic mass is 16.5. The van der Waals surface area contributed by atoms with Gasteiger partial charge in [-0.15, -0.1) is 0 Å². The van der Waals surface area contributed by atoms with Gasteiger partial charge in [0, 0.05) is 25.3 Å². The van der Waals surface area contributed by atoms with Crippen LogP contribution in [0.3, 0.4) is 0 Å². The highest BCUT2D eigenvalue weighted by Crippen LogP contribution is 2.18. The van der Waals surface area contributed by atoms with E-state index in [0.29, 0.717) is 23.6 Å². The van der Waals surface area contributed by atoms with Crippen molar-refractivity contribution in [1.29, 1.82) is 0 Å². The number of amides is 1. The summed E-state index contributed by atoms with van der Waals surface area (Å²) >= 11 is 0.